The highest BCUT2D eigenvalue weighted by Gasteiger charge is 2.11. The van der Waals surface area contributed by atoms with Crippen LogP contribution >= 0.6 is 0 Å². The van der Waals surface area contributed by atoms with Gasteiger partial charge in [0.25, 0.3) is 0 Å². The summed E-state index contributed by atoms with van der Waals surface area (Å²) in [5, 5.41) is 12.1. The van der Waals surface area contributed by atoms with Crippen LogP contribution < -0.4 is 11.1 Å². The summed E-state index contributed by atoms with van der Waals surface area (Å²) < 4.78 is 0. The molecule has 5 heteroatoms. The third-order valence-corrected chi connectivity index (χ3v) is 2.68. The first-order valence-corrected chi connectivity index (χ1v) is 5.84. The number of benzene rings is 1. The number of nitrogen functional groups attached to an aromatic ring is 1. The number of carboxylic acids is 1. The molecule has 0 aliphatic heterocycles. The van der Waals surface area contributed by atoms with Gasteiger partial charge in [-0.15, -0.1) is 0 Å². The van der Waals surface area contributed by atoms with Gasteiger partial charge in [-0.3, -0.25) is 0 Å². The minimum Gasteiger partial charge on any atom is -0.478 e. The lowest BCUT2D eigenvalue weighted by atomic mass is 10.1. The van der Waals surface area contributed by atoms with Gasteiger partial charge in [0.15, 0.2) is 0 Å². The Kier molecular flexibility index (Phi) is 3.66. The van der Waals surface area contributed by atoms with Gasteiger partial charge in [0, 0.05) is 6.54 Å². The lowest BCUT2D eigenvalue weighted by Crippen LogP contribution is -2.09. The molecule has 0 unspecified atom stereocenters. The lowest BCUT2D eigenvalue weighted by molar-refractivity contribution is 0.0697. The number of nitrogens with two attached hydrogens (primary N) is 1. The van der Waals surface area contributed by atoms with Crippen LogP contribution in [0.15, 0.2) is 36.5 Å². The van der Waals surface area contributed by atoms with Crippen molar-refractivity contribution in [3.05, 3.63) is 53.2 Å². The molecular formula is C14H15N3O2. The zero-order valence-corrected chi connectivity index (χ0v) is 10.6. The average molecular weight is 257 g/mol. The number of hydrogen-bond acceptors (Lipinski definition) is 4. The summed E-state index contributed by atoms with van der Waals surface area (Å²) in [7, 11) is 0. The number of pyridine rings is 1. The van der Waals surface area contributed by atoms with Crippen LogP contribution in [0.2, 0.25) is 0 Å². The fraction of sp³-hybridized carbons (Fsp3) is 0.143. The van der Waals surface area contributed by atoms with Gasteiger partial charge in [-0.25, -0.2) is 9.78 Å². The SMILES string of the molecule is Cc1cccc(CNc2ncc(N)cc2C(=O)O)c1. The van der Waals surface area contributed by atoms with Crippen LogP contribution in [-0.2, 0) is 6.54 Å². The van der Waals surface area contributed by atoms with Gasteiger partial charge >= 0.3 is 5.97 Å². The minimum absolute atomic E-state index is 0.0765. The average Bonchev–Trinajstić information content (AvgIpc) is 2.37. The summed E-state index contributed by atoms with van der Waals surface area (Å²) in [6.07, 6.45) is 1.44. The van der Waals surface area contributed by atoms with Crippen molar-refractivity contribution in [2.75, 3.05) is 11.1 Å². The fourth-order valence-electron chi connectivity index (χ4n) is 1.79. The normalized spacial score (nSPS) is 10.2. The van der Waals surface area contributed by atoms with E-state index in [1.807, 2.05) is 31.2 Å². The second-order valence-electron chi connectivity index (χ2n) is 4.31. The van der Waals surface area contributed by atoms with E-state index in [1.165, 1.54) is 12.3 Å². The Morgan fingerprint density at radius 3 is 2.89 bits per heavy atom. The van der Waals surface area contributed by atoms with Gasteiger partial charge < -0.3 is 16.2 Å². The van der Waals surface area contributed by atoms with E-state index in [1.54, 1.807) is 0 Å². The van der Waals surface area contributed by atoms with Crippen molar-refractivity contribution >= 4 is 17.5 Å². The van der Waals surface area contributed by atoms with Crippen LogP contribution in [0, 0.1) is 6.92 Å². The van der Waals surface area contributed by atoms with Gasteiger partial charge in [-0.2, -0.15) is 0 Å². The molecule has 2 rings (SSSR count). The number of anilines is 2. The predicted octanol–water partition coefficient (Wildman–Crippen LogP) is 2.28. The van der Waals surface area contributed by atoms with E-state index in [2.05, 4.69) is 10.3 Å². The number of nitrogens with zero attached hydrogens (tertiary/aromatic N) is 1. The largest absolute Gasteiger partial charge is 0.478 e. The monoisotopic (exact) mass is 257 g/mol. The Morgan fingerprint density at radius 1 is 1.42 bits per heavy atom. The topological polar surface area (TPSA) is 88.2 Å². The Bertz CT molecular complexity index is 611. The van der Waals surface area contributed by atoms with Crippen molar-refractivity contribution in [2.24, 2.45) is 0 Å². The highest BCUT2D eigenvalue weighted by molar-refractivity contribution is 5.94. The van der Waals surface area contributed by atoms with E-state index in [0.717, 1.165) is 11.1 Å². The molecule has 0 aliphatic rings. The molecule has 0 saturated carbocycles. The molecule has 0 bridgehead atoms. The maximum atomic E-state index is 11.1. The molecule has 0 atom stereocenters. The molecule has 19 heavy (non-hydrogen) atoms. The van der Waals surface area contributed by atoms with E-state index in [4.69, 9.17) is 10.8 Å². The second kappa shape index (κ2) is 5.39. The summed E-state index contributed by atoms with van der Waals surface area (Å²) in [5.41, 5.74) is 8.17. The summed E-state index contributed by atoms with van der Waals surface area (Å²) in [6.45, 7) is 2.52. The molecule has 0 spiro atoms. The number of hydrogen-bond donors (Lipinski definition) is 3. The quantitative estimate of drug-likeness (QED) is 0.782. The van der Waals surface area contributed by atoms with E-state index >= 15 is 0 Å². The van der Waals surface area contributed by atoms with Crippen molar-refractivity contribution in [2.45, 2.75) is 13.5 Å². The smallest absolute Gasteiger partial charge is 0.339 e. The highest BCUT2D eigenvalue weighted by Crippen LogP contribution is 2.16. The Morgan fingerprint density at radius 2 is 2.21 bits per heavy atom. The molecule has 1 aromatic carbocycles. The number of nitrogens with one attached hydrogen (secondary N) is 1. The number of aryl methyl sites for hydroxylation is 1. The molecule has 98 valence electrons. The number of carboxylic acid groups (broad SMARTS) is 1. The Hall–Kier alpha value is -2.56. The first-order valence-electron chi connectivity index (χ1n) is 5.84. The molecule has 0 amide bonds. The first-order chi connectivity index (χ1) is 9.06. The zero-order valence-electron chi connectivity index (χ0n) is 10.6. The highest BCUT2D eigenvalue weighted by atomic mass is 16.4. The van der Waals surface area contributed by atoms with Gasteiger partial charge in [0.05, 0.1) is 11.9 Å². The van der Waals surface area contributed by atoms with Gasteiger partial charge in [-0.1, -0.05) is 29.8 Å². The number of carbonyl (C=O) groups is 1. The third kappa shape index (κ3) is 3.22. The fourth-order valence-corrected chi connectivity index (χ4v) is 1.79. The Labute approximate surface area is 111 Å². The van der Waals surface area contributed by atoms with Crippen molar-refractivity contribution in [3.63, 3.8) is 0 Å². The molecule has 0 aliphatic carbocycles. The number of aromatic nitrogens is 1. The summed E-state index contributed by atoms with van der Waals surface area (Å²) in [5.74, 6) is -0.727. The standard InChI is InChI=1S/C14H15N3O2/c1-9-3-2-4-10(5-9)7-16-13-12(14(18)19)6-11(15)8-17-13/h2-6,8H,7,15H2,1H3,(H,16,17)(H,18,19). The first kappa shape index (κ1) is 12.9. The van der Waals surface area contributed by atoms with Crippen molar-refractivity contribution < 1.29 is 9.90 Å². The molecule has 1 heterocycles. The second-order valence-corrected chi connectivity index (χ2v) is 4.31. The van der Waals surface area contributed by atoms with Crippen molar-refractivity contribution in [3.8, 4) is 0 Å². The minimum atomic E-state index is -1.05. The molecule has 4 N–H and O–H groups in total. The number of rotatable bonds is 4. The van der Waals surface area contributed by atoms with Crippen LogP contribution in [-0.4, -0.2) is 16.1 Å². The molecule has 0 saturated heterocycles. The van der Waals surface area contributed by atoms with Crippen molar-refractivity contribution in [1.29, 1.82) is 0 Å². The van der Waals surface area contributed by atoms with Gasteiger partial charge in [0.2, 0.25) is 0 Å². The molecule has 0 radical (unpaired) electrons. The van der Waals surface area contributed by atoms with Crippen LogP contribution in [0.5, 0.6) is 0 Å². The summed E-state index contributed by atoms with van der Waals surface area (Å²) >= 11 is 0. The molecule has 5 nitrogen and oxygen atoms in total. The van der Waals surface area contributed by atoms with Crippen LogP contribution in [0.1, 0.15) is 21.5 Å². The van der Waals surface area contributed by atoms with E-state index < -0.39 is 5.97 Å². The van der Waals surface area contributed by atoms with E-state index in [0.29, 0.717) is 18.1 Å². The summed E-state index contributed by atoms with van der Waals surface area (Å²) in [4.78, 5) is 15.1. The molecule has 1 aromatic heterocycles. The summed E-state index contributed by atoms with van der Waals surface area (Å²) in [6, 6.07) is 9.37. The maximum absolute atomic E-state index is 11.1. The lowest BCUT2D eigenvalue weighted by Gasteiger charge is -2.09. The van der Waals surface area contributed by atoms with Crippen LogP contribution in [0.3, 0.4) is 0 Å². The number of aromatic carboxylic acids is 1. The maximum Gasteiger partial charge on any atom is 0.339 e. The van der Waals surface area contributed by atoms with Gasteiger partial charge in [-0.05, 0) is 18.6 Å². The van der Waals surface area contributed by atoms with Crippen molar-refractivity contribution in [1.82, 2.24) is 4.98 Å². The Balaban J connectivity index is 2.17. The predicted molar refractivity (Wildman–Crippen MR) is 74.1 cm³/mol. The van der Waals surface area contributed by atoms with Crippen LogP contribution in [0.25, 0.3) is 0 Å². The van der Waals surface area contributed by atoms with Crippen LogP contribution in [0.4, 0.5) is 11.5 Å². The zero-order chi connectivity index (χ0) is 13.8. The van der Waals surface area contributed by atoms with E-state index in [-0.39, 0.29) is 5.56 Å². The molecule has 2 aromatic rings. The van der Waals surface area contributed by atoms with E-state index in [9.17, 15) is 4.79 Å². The molecular weight excluding hydrogens is 242 g/mol. The third-order valence-electron chi connectivity index (χ3n) is 2.68. The molecule has 0 fully saturated rings. The van der Waals surface area contributed by atoms with Gasteiger partial charge in [0.1, 0.15) is 11.4 Å².